The van der Waals surface area contributed by atoms with E-state index in [-0.39, 0.29) is 16.5 Å². The maximum absolute atomic E-state index is 10.7. The summed E-state index contributed by atoms with van der Waals surface area (Å²) in [6, 6.07) is 5.31. The predicted molar refractivity (Wildman–Crippen MR) is 51.6 cm³/mol. The summed E-state index contributed by atoms with van der Waals surface area (Å²) in [5.41, 5.74) is 1.59. The van der Waals surface area contributed by atoms with Gasteiger partial charge in [-0.15, -0.1) is 0 Å². The van der Waals surface area contributed by atoms with Gasteiger partial charge in [0.05, 0.1) is 4.92 Å². The number of nitro benzene ring substituents is 1. The molecule has 0 aromatic heterocycles. The Balaban J connectivity index is 3.34. The van der Waals surface area contributed by atoms with Crippen molar-refractivity contribution in [2.75, 3.05) is 0 Å². The summed E-state index contributed by atoms with van der Waals surface area (Å²) in [4.78, 5) is 10.4. The lowest BCUT2D eigenvalue weighted by Gasteiger charge is -2.07. The molecule has 0 aliphatic carbocycles. The molecule has 0 fully saturated rings. The highest BCUT2D eigenvalue weighted by molar-refractivity contribution is 5.48. The fraction of sp³-hybridized carbons (Fsp3) is 0.300. The summed E-state index contributed by atoms with van der Waals surface area (Å²) in [5.74, 6) is -0.0553. The van der Waals surface area contributed by atoms with Crippen LogP contribution in [0.15, 0.2) is 18.2 Å². The smallest absolute Gasteiger partial charge is 0.258 e. The Hall–Kier alpha value is -1.38. The van der Waals surface area contributed by atoms with Crippen LogP contribution < -0.4 is 0 Å². The van der Waals surface area contributed by atoms with E-state index in [1.54, 1.807) is 19.1 Å². The van der Waals surface area contributed by atoms with Crippen molar-refractivity contribution in [3.05, 3.63) is 46.4 Å². The zero-order valence-corrected chi connectivity index (χ0v) is 7.78. The van der Waals surface area contributed by atoms with Crippen molar-refractivity contribution in [3.63, 3.8) is 0 Å². The summed E-state index contributed by atoms with van der Waals surface area (Å²) >= 11 is 0. The largest absolute Gasteiger partial charge is 0.275 e. The first kappa shape index (κ1) is 9.71. The van der Waals surface area contributed by atoms with Gasteiger partial charge in [0.2, 0.25) is 0 Å². The quantitative estimate of drug-likeness (QED) is 0.516. The molecule has 1 unspecified atom stereocenters. The number of hydrogen-bond donors (Lipinski definition) is 0. The van der Waals surface area contributed by atoms with Crippen LogP contribution in [0, 0.1) is 24.0 Å². The molecule has 0 bridgehead atoms. The normalized spacial score (nSPS) is 10.5. The second kappa shape index (κ2) is 3.56. The van der Waals surface area contributed by atoms with Crippen LogP contribution in [0.3, 0.4) is 0 Å². The molecule has 0 amide bonds. The molecule has 69 valence electrons. The third-order valence-corrected chi connectivity index (χ3v) is 1.98. The maximum Gasteiger partial charge on any atom is 0.275 e. The van der Waals surface area contributed by atoms with Crippen LogP contribution in [0.1, 0.15) is 24.0 Å². The minimum absolute atomic E-state index is 0.0553. The van der Waals surface area contributed by atoms with Gasteiger partial charge in [-0.1, -0.05) is 25.1 Å². The van der Waals surface area contributed by atoms with Crippen LogP contribution in [0.4, 0.5) is 5.69 Å². The average molecular weight is 178 g/mol. The summed E-state index contributed by atoms with van der Waals surface area (Å²) in [5, 5.41) is 10.7. The van der Waals surface area contributed by atoms with Gasteiger partial charge in [-0.25, -0.2) is 0 Å². The first-order valence-corrected chi connectivity index (χ1v) is 4.11. The van der Waals surface area contributed by atoms with Gasteiger partial charge >= 0.3 is 0 Å². The van der Waals surface area contributed by atoms with E-state index >= 15 is 0 Å². The molecule has 3 nitrogen and oxygen atoms in total. The highest BCUT2D eigenvalue weighted by Crippen LogP contribution is 2.28. The van der Waals surface area contributed by atoms with E-state index in [4.69, 9.17) is 0 Å². The van der Waals surface area contributed by atoms with Crippen molar-refractivity contribution in [2.45, 2.75) is 19.8 Å². The maximum atomic E-state index is 10.7. The van der Waals surface area contributed by atoms with Crippen LogP contribution in [0.25, 0.3) is 0 Å². The summed E-state index contributed by atoms with van der Waals surface area (Å²) in [6.45, 7) is 7.38. The lowest BCUT2D eigenvalue weighted by atomic mass is 9.99. The second-order valence-electron chi connectivity index (χ2n) is 3.17. The number of hydrogen-bond acceptors (Lipinski definition) is 2. The third-order valence-electron chi connectivity index (χ3n) is 1.98. The minimum atomic E-state index is -0.341. The van der Waals surface area contributed by atoms with E-state index in [1.165, 1.54) is 0 Å². The van der Waals surface area contributed by atoms with Crippen LogP contribution in [-0.4, -0.2) is 4.92 Å². The Morgan fingerprint density at radius 3 is 2.54 bits per heavy atom. The van der Waals surface area contributed by atoms with Gasteiger partial charge in [0.15, 0.2) is 0 Å². The first-order valence-electron chi connectivity index (χ1n) is 4.11. The monoisotopic (exact) mass is 178 g/mol. The zero-order chi connectivity index (χ0) is 10.0. The fourth-order valence-corrected chi connectivity index (χ4v) is 1.33. The van der Waals surface area contributed by atoms with E-state index in [0.717, 1.165) is 0 Å². The van der Waals surface area contributed by atoms with Gasteiger partial charge in [0, 0.05) is 11.1 Å². The van der Waals surface area contributed by atoms with Crippen LogP contribution in [0.5, 0.6) is 0 Å². The van der Waals surface area contributed by atoms with Crippen molar-refractivity contribution in [1.82, 2.24) is 0 Å². The molecule has 0 heterocycles. The molecular formula is C10H12NO2. The summed E-state index contributed by atoms with van der Waals surface area (Å²) < 4.78 is 0. The van der Waals surface area contributed by atoms with Gasteiger partial charge in [-0.3, -0.25) is 10.1 Å². The molecule has 0 saturated carbocycles. The third kappa shape index (κ3) is 1.86. The lowest BCUT2D eigenvalue weighted by Crippen LogP contribution is -1.99. The summed E-state index contributed by atoms with van der Waals surface area (Å²) in [7, 11) is 0. The van der Waals surface area contributed by atoms with Gasteiger partial charge in [0.1, 0.15) is 0 Å². The molecule has 1 radical (unpaired) electrons. The van der Waals surface area contributed by atoms with Gasteiger partial charge < -0.3 is 0 Å². The molecule has 3 heteroatoms. The highest BCUT2D eigenvalue weighted by Gasteiger charge is 2.18. The Labute approximate surface area is 77.5 Å². The van der Waals surface area contributed by atoms with Crippen molar-refractivity contribution in [2.24, 2.45) is 0 Å². The first-order chi connectivity index (χ1) is 6.04. The van der Waals surface area contributed by atoms with Gasteiger partial charge in [-0.05, 0) is 19.8 Å². The van der Waals surface area contributed by atoms with Crippen molar-refractivity contribution < 1.29 is 4.92 Å². The molecular weight excluding hydrogens is 166 g/mol. The standard InChI is InChI=1S/C10H12NO2/c1-7(2)9-6-4-5-8(3)10(9)11(12)13/h4-7H,1H2,2-3H3. The predicted octanol–water partition coefficient (Wildman–Crippen LogP) is 2.84. The minimum Gasteiger partial charge on any atom is -0.258 e. The van der Waals surface area contributed by atoms with E-state index in [0.29, 0.717) is 11.1 Å². The fourth-order valence-electron chi connectivity index (χ4n) is 1.33. The van der Waals surface area contributed by atoms with Gasteiger partial charge in [-0.2, -0.15) is 0 Å². The highest BCUT2D eigenvalue weighted by atomic mass is 16.6. The molecule has 0 aliphatic rings. The number of nitrogens with zero attached hydrogens (tertiary/aromatic N) is 1. The van der Waals surface area contributed by atoms with E-state index < -0.39 is 0 Å². The molecule has 1 atom stereocenters. The summed E-state index contributed by atoms with van der Waals surface area (Å²) in [6.07, 6.45) is 0. The molecule has 1 aromatic carbocycles. The van der Waals surface area contributed by atoms with E-state index in [2.05, 4.69) is 6.92 Å². The second-order valence-corrected chi connectivity index (χ2v) is 3.17. The molecule has 1 aromatic rings. The SMILES string of the molecule is [CH2]C(C)c1cccc(C)c1[N+](=O)[O-]. The number of nitro groups is 1. The molecule has 13 heavy (non-hydrogen) atoms. The number of rotatable bonds is 2. The molecule has 0 N–H and O–H groups in total. The Kier molecular flexibility index (Phi) is 2.66. The van der Waals surface area contributed by atoms with E-state index in [9.17, 15) is 10.1 Å². The number of para-hydroxylation sites is 1. The van der Waals surface area contributed by atoms with Crippen LogP contribution in [-0.2, 0) is 0 Å². The average Bonchev–Trinajstić information content (AvgIpc) is 2.02. The van der Waals surface area contributed by atoms with E-state index in [1.807, 2.05) is 13.0 Å². The molecule has 0 saturated heterocycles. The van der Waals surface area contributed by atoms with Gasteiger partial charge in [0.25, 0.3) is 5.69 Å². The Bertz CT molecular complexity index is 332. The van der Waals surface area contributed by atoms with Crippen LogP contribution >= 0.6 is 0 Å². The number of benzene rings is 1. The topological polar surface area (TPSA) is 43.1 Å². The van der Waals surface area contributed by atoms with Crippen molar-refractivity contribution >= 4 is 5.69 Å². The van der Waals surface area contributed by atoms with Crippen molar-refractivity contribution in [1.29, 1.82) is 0 Å². The molecule has 0 aliphatic heterocycles. The zero-order valence-electron chi connectivity index (χ0n) is 7.78. The van der Waals surface area contributed by atoms with Crippen molar-refractivity contribution in [3.8, 4) is 0 Å². The molecule has 0 spiro atoms. The number of aryl methyl sites for hydroxylation is 1. The lowest BCUT2D eigenvalue weighted by molar-refractivity contribution is -0.386. The Morgan fingerprint density at radius 1 is 1.54 bits per heavy atom. The van der Waals surface area contributed by atoms with Crippen LogP contribution in [0.2, 0.25) is 0 Å². The Morgan fingerprint density at radius 2 is 2.15 bits per heavy atom. The molecule has 1 rings (SSSR count).